The van der Waals surface area contributed by atoms with E-state index in [0.29, 0.717) is 12.1 Å². The van der Waals surface area contributed by atoms with Gasteiger partial charge in [0, 0.05) is 18.7 Å². The third kappa shape index (κ3) is 4.38. The van der Waals surface area contributed by atoms with Gasteiger partial charge in [-0.05, 0) is 18.9 Å². The monoisotopic (exact) mass is 289 g/mol. The van der Waals surface area contributed by atoms with Crippen LogP contribution in [0.25, 0.3) is 0 Å². The van der Waals surface area contributed by atoms with Gasteiger partial charge in [-0.15, -0.1) is 13.2 Å². The van der Waals surface area contributed by atoms with Crippen LogP contribution in [-0.2, 0) is 6.54 Å². The van der Waals surface area contributed by atoms with Crippen molar-refractivity contribution in [1.82, 2.24) is 5.32 Å². The largest absolute Gasteiger partial charge is 0.573 e. The van der Waals surface area contributed by atoms with Crippen molar-refractivity contribution in [2.24, 2.45) is 0 Å². The number of ether oxygens (including phenoxy) is 1. The van der Waals surface area contributed by atoms with Gasteiger partial charge in [-0.1, -0.05) is 31.0 Å². The number of para-hydroxylation sites is 1. The van der Waals surface area contributed by atoms with E-state index in [2.05, 4.69) is 10.1 Å². The quantitative estimate of drug-likeness (QED) is 0.875. The number of halogens is 3. The molecule has 1 aliphatic carbocycles. The molecule has 0 aromatic heterocycles. The highest BCUT2D eigenvalue weighted by Gasteiger charge is 2.32. The van der Waals surface area contributed by atoms with Gasteiger partial charge in [-0.3, -0.25) is 0 Å². The van der Waals surface area contributed by atoms with E-state index < -0.39 is 12.0 Å². The van der Waals surface area contributed by atoms with Crippen LogP contribution in [0.5, 0.6) is 5.75 Å². The average molecular weight is 289 g/mol. The first-order valence-corrected chi connectivity index (χ1v) is 6.65. The Morgan fingerprint density at radius 1 is 1.20 bits per heavy atom. The Bertz CT molecular complexity index is 442. The second kappa shape index (κ2) is 6.01. The van der Waals surface area contributed by atoms with Gasteiger partial charge < -0.3 is 15.2 Å². The van der Waals surface area contributed by atoms with Crippen LogP contribution < -0.4 is 10.1 Å². The van der Waals surface area contributed by atoms with Gasteiger partial charge >= 0.3 is 6.36 Å². The number of alkyl halides is 3. The van der Waals surface area contributed by atoms with Crippen LogP contribution in [0.4, 0.5) is 13.2 Å². The number of benzene rings is 1. The van der Waals surface area contributed by atoms with Crippen molar-refractivity contribution in [1.29, 1.82) is 0 Å². The van der Waals surface area contributed by atoms with Gasteiger partial charge in [0.05, 0.1) is 5.60 Å². The summed E-state index contributed by atoms with van der Waals surface area (Å²) in [5.41, 5.74) is -0.300. The predicted molar refractivity (Wildman–Crippen MR) is 68.2 cm³/mol. The number of rotatable bonds is 5. The SMILES string of the molecule is OC1(CNCc2ccccc2OC(F)(F)F)CCCC1. The normalized spacial score (nSPS) is 18.2. The minimum atomic E-state index is -4.69. The summed E-state index contributed by atoms with van der Waals surface area (Å²) in [5.74, 6) is -0.203. The molecule has 3 nitrogen and oxygen atoms in total. The lowest BCUT2D eigenvalue weighted by Crippen LogP contribution is -2.37. The molecule has 0 aliphatic heterocycles. The summed E-state index contributed by atoms with van der Waals surface area (Å²) in [5, 5.41) is 13.2. The van der Waals surface area contributed by atoms with Crippen molar-refractivity contribution in [2.75, 3.05) is 6.54 Å². The molecule has 6 heteroatoms. The van der Waals surface area contributed by atoms with Crippen molar-refractivity contribution in [2.45, 2.75) is 44.2 Å². The standard InChI is InChI=1S/C14H18F3NO2/c15-14(16,17)20-12-6-2-1-5-11(12)9-18-10-13(19)7-3-4-8-13/h1-2,5-6,18-19H,3-4,7-10H2. The summed E-state index contributed by atoms with van der Waals surface area (Å²) in [4.78, 5) is 0. The molecule has 0 heterocycles. The molecule has 1 aromatic carbocycles. The smallest absolute Gasteiger partial charge is 0.405 e. The Labute approximate surface area is 115 Å². The number of nitrogens with one attached hydrogen (secondary N) is 1. The summed E-state index contributed by atoms with van der Waals surface area (Å²) in [6.45, 7) is 0.613. The lowest BCUT2D eigenvalue weighted by Gasteiger charge is -2.23. The highest BCUT2D eigenvalue weighted by molar-refractivity contribution is 5.33. The van der Waals surface area contributed by atoms with E-state index in [9.17, 15) is 18.3 Å². The Balaban J connectivity index is 1.92. The van der Waals surface area contributed by atoms with E-state index in [4.69, 9.17) is 0 Å². The van der Waals surface area contributed by atoms with Crippen LogP contribution in [0.1, 0.15) is 31.2 Å². The van der Waals surface area contributed by atoms with Crippen molar-refractivity contribution in [3.05, 3.63) is 29.8 Å². The van der Waals surface area contributed by atoms with E-state index in [1.807, 2.05) is 0 Å². The molecule has 0 unspecified atom stereocenters. The summed E-state index contributed by atoms with van der Waals surface area (Å²) in [6.07, 6.45) is -1.24. The number of hydrogen-bond donors (Lipinski definition) is 2. The van der Waals surface area contributed by atoms with E-state index in [1.54, 1.807) is 12.1 Å². The van der Waals surface area contributed by atoms with Gasteiger partial charge in [0.15, 0.2) is 0 Å². The van der Waals surface area contributed by atoms with Crippen LogP contribution in [0, 0.1) is 0 Å². The van der Waals surface area contributed by atoms with Crippen LogP contribution in [-0.4, -0.2) is 23.6 Å². The highest BCUT2D eigenvalue weighted by Crippen LogP contribution is 2.29. The van der Waals surface area contributed by atoms with Gasteiger partial charge in [0.2, 0.25) is 0 Å². The fourth-order valence-electron chi connectivity index (χ4n) is 2.51. The van der Waals surface area contributed by atoms with Crippen molar-refractivity contribution < 1.29 is 23.0 Å². The first kappa shape index (κ1) is 15.1. The van der Waals surface area contributed by atoms with E-state index >= 15 is 0 Å². The topological polar surface area (TPSA) is 41.5 Å². The minimum Gasteiger partial charge on any atom is -0.405 e. The molecular weight excluding hydrogens is 271 g/mol. The maximum absolute atomic E-state index is 12.3. The molecule has 20 heavy (non-hydrogen) atoms. The van der Waals surface area contributed by atoms with E-state index in [-0.39, 0.29) is 12.3 Å². The molecule has 0 bridgehead atoms. The molecule has 0 spiro atoms. The molecule has 112 valence electrons. The zero-order valence-electron chi connectivity index (χ0n) is 11.0. The number of hydrogen-bond acceptors (Lipinski definition) is 3. The highest BCUT2D eigenvalue weighted by atomic mass is 19.4. The van der Waals surface area contributed by atoms with Crippen LogP contribution in [0.3, 0.4) is 0 Å². The predicted octanol–water partition coefficient (Wildman–Crippen LogP) is 2.98. The maximum atomic E-state index is 12.3. The molecule has 1 saturated carbocycles. The van der Waals surface area contributed by atoms with Gasteiger partial charge in [-0.2, -0.15) is 0 Å². The molecule has 2 rings (SSSR count). The minimum absolute atomic E-state index is 0.203. The van der Waals surface area contributed by atoms with Crippen LogP contribution >= 0.6 is 0 Å². The van der Waals surface area contributed by atoms with Gasteiger partial charge in [-0.25, -0.2) is 0 Å². The summed E-state index contributed by atoms with van der Waals surface area (Å²) in [6, 6.07) is 6.02. The Kier molecular flexibility index (Phi) is 4.55. The Hall–Kier alpha value is -1.27. The molecule has 0 radical (unpaired) electrons. The van der Waals surface area contributed by atoms with Crippen LogP contribution in [0.2, 0.25) is 0 Å². The first-order valence-electron chi connectivity index (χ1n) is 6.65. The molecule has 0 amide bonds. The molecule has 1 aliphatic rings. The van der Waals surface area contributed by atoms with Crippen LogP contribution in [0.15, 0.2) is 24.3 Å². The Morgan fingerprint density at radius 2 is 1.85 bits per heavy atom. The molecular formula is C14H18F3NO2. The maximum Gasteiger partial charge on any atom is 0.573 e. The second-order valence-electron chi connectivity index (χ2n) is 5.19. The van der Waals surface area contributed by atoms with Gasteiger partial charge in [0.25, 0.3) is 0 Å². The van der Waals surface area contributed by atoms with Crippen molar-refractivity contribution in [3.63, 3.8) is 0 Å². The lowest BCUT2D eigenvalue weighted by atomic mass is 10.0. The Morgan fingerprint density at radius 3 is 2.50 bits per heavy atom. The van der Waals surface area contributed by atoms with Crippen molar-refractivity contribution in [3.8, 4) is 5.75 Å². The fourth-order valence-corrected chi connectivity index (χ4v) is 2.51. The number of aliphatic hydroxyl groups is 1. The van der Waals surface area contributed by atoms with Crippen molar-refractivity contribution >= 4 is 0 Å². The molecule has 0 atom stereocenters. The fraction of sp³-hybridized carbons (Fsp3) is 0.571. The second-order valence-corrected chi connectivity index (χ2v) is 5.19. The molecule has 1 aromatic rings. The average Bonchev–Trinajstić information content (AvgIpc) is 2.77. The molecule has 1 fully saturated rings. The third-order valence-corrected chi connectivity index (χ3v) is 3.50. The lowest BCUT2D eigenvalue weighted by molar-refractivity contribution is -0.274. The summed E-state index contributed by atoms with van der Waals surface area (Å²) < 4.78 is 40.8. The molecule has 2 N–H and O–H groups in total. The zero-order chi connectivity index (χ0) is 14.6. The third-order valence-electron chi connectivity index (χ3n) is 3.50. The zero-order valence-corrected chi connectivity index (χ0v) is 11.0. The summed E-state index contributed by atoms with van der Waals surface area (Å²) in [7, 11) is 0. The van der Waals surface area contributed by atoms with Gasteiger partial charge in [0.1, 0.15) is 5.75 Å². The summed E-state index contributed by atoms with van der Waals surface area (Å²) >= 11 is 0. The van der Waals surface area contributed by atoms with E-state index in [1.165, 1.54) is 12.1 Å². The first-order chi connectivity index (χ1) is 9.38. The van der Waals surface area contributed by atoms with E-state index in [0.717, 1.165) is 25.7 Å². The molecule has 0 saturated heterocycles.